The number of amides is 1. The van der Waals surface area contributed by atoms with Crippen molar-refractivity contribution in [1.29, 1.82) is 0 Å². The maximum absolute atomic E-state index is 12.0. The summed E-state index contributed by atoms with van der Waals surface area (Å²) in [7, 11) is 3.22. The fraction of sp³-hybridized carbons (Fsp3) is 0.167. The molecule has 0 atom stereocenters. The molecule has 1 heterocycles. The van der Waals surface area contributed by atoms with Gasteiger partial charge in [0.15, 0.2) is 5.69 Å². The third kappa shape index (κ3) is 3.08. The summed E-state index contributed by atoms with van der Waals surface area (Å²) in [6.07, 6.45) is 0. The van der Waals surface area contributed by atoms with Crippen LogP contribution in [0.15, 0.2) is 28.7 Å². The Morgan fingerprint density at radius 2 is 2.21 bits per heavy atom. The molecule has 0 aliphatic heterocycles. The molecule has 19 heavy (non-hydrogen) atoms. The number of aromatic nitrogens is 2. The van der Waals surface area contributed by atoms with E-state index < -0.39 is 0 Å². The maximum Gasteiger partial charge on any atom is 0.276 e. The zero-order chi connectivity index (χ0) is 14.0. The standard InChI is InChI=1S/C12H11BrClN3O2/c1-17-11(19-2)6-10(16-17)12(18)15-9-4-3-7(14)5-8(9)13/h3-6H,1-2H3,(H,15,18). The van der Waals surface area contributed by atoms with Gasteiger partial charge in [0.2, 0.25) is 5.88 Å². The topological polar surface area (TPSA) is 56.1 Å². The van der Waals surface area contributed by atoms with Gasteiger partial charge in [-0.25, -0.2) is 4.68 Å². The number of ether oxygens (including phenoxy) is 1. The van der Waals surface area contributed by atoms with E-state index >= 15 is 0 Å². The largest absolute Gasteiger partial charge is 0.481 e. The molecule has 1 amide bonds. The zero-order valence-electron chi connectivity index (χ0n) is 10.3. The molecule has 2 aromatic rings. The van der Waals surface area contributed by atoms with Crippen LogP contribution < -0.4 is 10.1 Å². The number of anilines is 1. The van der Waals surface area contributed by atoms with E-state index in [0.717, 1.165) is 0 Å². The normalized spacial score (nSPS) is 10.3. The summed E-state index contributed by atoms with van der Waals surface area (Å²) in [5.41, 5.74) is 0.903. The van der Waals surface area contributed by atoms with Gasteiger partial charge >= 0.3 is 0 Å². The Balaban J connectivity index is 2.20. The number of halogens is 2. The monoisotopic (exact) mass is 343 g/mol. The molecule has 0 spiro atoms. The Labute approximate surface area is 123 Å². The van der Waals surface area contributed by atoms with Crippen molar-refractivity contribution in [3.05, 3.63) is 39.5 Å². The number of carbonyl (C=O) groups is 1. The van der Waals surface area contributed by atoms with Gasteiger partial charge in [0.1, 0.15) is 0 Å². The Hall–Kier alpha value is -1.53. The lowest BCUT2D eigenvalue weighted by Crippen LogP contribution is -2.13. The molecule has 0 aliphatic rings. The predicted molar refractivity (Wildman–Crippen MR) is 76.9 cm³/mol. The Kier molecular flexibility index (Phi) is 4.11. The van der Waals surface area contributed by atoms with Crippen molar-refractivity contribution in [2.45, 2.75) is 0 Å². The number of aryl methyl sites for hydroxylation is 1. The maximum atomic E-state index is 12.0. The van der Waals surface area contributed by atoms with Crippen LogP contribution in [0.1, 0.15) is 10.5 Å². The first-order valence-electron chi connectivity index (χ1n) is 5.35. The quantitative estimate of drug-likeness (QED) is 0.931. The van der Waals surface area contributed by atoms with Gasteiger partial charge in [-0.2, -0.15) is 5.10 Å². The minimum Gasteiger partial charge on any atom is -0.481 e. The smallest absolute Gasteiger partial charge is 0.276 e. The highest BCUT2D eigenvalue weighted by atomic mass is 79.9. The molecule has 0 radical (unpaired) electrons. The van der Waals surface area contributed by atoms with Crippen LogP contribution in [0.5, 0.6) is 5.88 Å². The summed E-state index contributed by atoms with van der Waals surface area (Å²) in [6, 6.07) is 6.68. The number of carbonyl (C=O) groups excluding carboxylic acids is 1. The molecule has 1 N–H and O–H groups in total. The summed E-state index contributed by atoms with van der Waals surface area (Å²) in [6.45, 7) is 0. The molecule has 2 rings (SSSR count). The number of nitrogens with zero attached hydrogens (tertiary/aromatic N) is 2. The zero-order valence-corrected chi connectivity index (χ0v) is 12.6. The fourth-order valence-corrected chi connectivity index (χ4v) is 2.31. The molecule has 0 fully saturated rings. The first kappa shape index (κ1) is 13.9. The number of rotatable bonds is 3. The van der Waals surface area contributed by atoms with Gasteiger partial charge in [0.05, 0.1) is 12.8 Å². The summed E-state index contributed by atoms with van der Waals surface area (Å²) in [5, 5.41) is 7.39. The molecule has 0 bridgehead atoms. The number of benzene rings is 1. The first-order valence-corrected chi connectivity index (χ1v) is 6.53. The van der Waals surface area contributed by atoms with Gasteiger partial charge in [0.25, 0.3) is 5.91 Å². The number of methoxy groups -OCH3 is 1. The fourth-order valence-electron chi connectivity index (χ4n) is 1.53. The van der Waals surface area contributed by atoms with Crippen molar-refractivity contribution in [2.24, 2.45) is 7.05 Å². The Bertz CT molecular complexity index is 627. The molecule has 0 saturated heterocycles. The minimum atomic E-state index is -0.318. The molecule has 1 aromatic carbocycles. The van der Waals surface area contributed by atoms with Crippen molar-refractivity contribution in [1.82, 2.24) is 9.78 Å². The Morgan fingerprint density at radius 3 is 2.79 bits per heavy atom. The van der Waals surface area contributed by atoms with Gasteiger partial charge < -0.3 is 10.1 Å². The van der Waals surface area contributed by atoms with E-state index in [1.807, 2.05) is 0 Å². The highest BCUT2D eigenvalue weighted by Crippen LogP contribution is 2.26. The summed E-state index contributed by atoms with van der Waals surface area (Å²) in [4.78, 5) is 12.0. The molecule has 5 nitrogen and oxygen atoms in total. The van der Waals surface area contributed by atoms with Crippen LogP contribution in [0.4, 0.5) is 5.69 Å². The average molecular weight is 345 g/mol. The van der Waals surface area contributed by atoms with Crippen molar-refractivity contribution < 1.29 is 9.53 Å². The molecule has 0 unspecified atom stereocenters. The van der Waals surface area contributed by atoms with Gasteiger partial charge in [-0.15, -0.1) is 0 Å². The Morgan fingerprint density at radius 1 is 1.47 bits per heavy atom. The van der Waals surface area contributed by atoms with E-state index in [1.165, 1.54) is 11.8 Å². The van der Waals surface area contributed by atoms with E-state index in [9.17, 15) is 4.79 Å². The van der Waals surface area contributed by atoms with Crippen LogP contribution in [0.25, 0.3) is 0 Å². The van der Waals surface area contributed by atoms with Crippen molar-refractivity contribution in [2.75, 3.05) is 12.4 Å². The van der Waals surface area contributed by atoms with Crippen LogP contribution in [0, 0.1) is 0 Å². The summed E-state index contributed by atoms with van der Waals surface area (Å²) in [5.74, 6) is 0.197. The molecule has 7 heteroatoms. The number of nitrogens with one attached hydrogen (secondary N) is 1. The molecular formula is C12H11BrClN3O2. The molecular weight excluding hydrogens is 334 g/mol. The summed E-state index contributed by atoms with van der Waals surface area (Å²) < 4.78 is 7.26. The van der Waals surface area contributed by atoms with E-state index in [-0.39, 0.29) is 11.6 Å². The average Bonchev–Trinajstić information content (AvgIpc) is 2.74. The van der Waals surface area contributed by atoms with Crippen molar-refractivity contribution in [3.63, 3.8) is 0 Å². The van der Waals surface area contributed by atoms with Crippen LogP contribution in [0.2, 0.25) is 5.02 Å². The number of hydrogen-bond acceptors (Lipinski definition) is 3. The lowest BCUT2D eigenvalue weighted by molar-refractivity contribution is 0.102. The van der Waals surface area contributed by atoms with Crippen LogP contribution in [-0.4, -0.2) is 22.8 Å². The molecule has 100 valence electrons. The lowest BCUT2D eigenvalue weighted by Gasteiger charge is -2.05. The van der Waals surface area contributed by atoms with E-state index in [1.54, 1.807) is 31.3 Å². The molecule has 0 aliphatic carbocycles. The highest BCUT2D eigenvalue weighted by Gasteiger charge is 2.14. The summed E-state index contributed by atoms with van der Waals surface area (Å²) >= 11 is 9.17. The van der Waals surface area contributed by atoms with Gasteiger partial charge in [-0.3, -0.25) is 4.79 Å². The highest BCUT2D eigenvalue weighted by molar-refractivity contribution is 9.10. The number of hydrogen-bond donors (Lipinski definition) is 1. The second-order valence-electron chi connectivity index (χ2n) is 3.77. The third-order valence-corrected chi connectivity index (χ3v) is 3.35. The van der Waals surface area contributed by atoms with E-state index in [2.05, 4.69) is 26.3 Å². The lowest BCUT2D eigenvalue weighted by atomic mass is 10.3. The van der Waals surface area contributed by atoms with Crippen molar-refractivity contribution >= 4 is 39.1 Å². The molecule has 1 aromatic heterocycles. The SMILES string of the molecule is COc1cc(C(=O)Nc2ccc(Cl)cc2Br)nn1C. The van der Waals surface area contributed by atoms with E-state index in [0.29, 0.717) is 21.1 Å². The minimum absolute atomic E-state index is 0.279. The second kappa shape index (κ2) is 5.63. The predicted octanol–water partition coefficient (Wildman–Crippen LogP) is 3.10. The second-order valence-corrected chi connectivity index (χ2v) is 5.06. The third-order valence-electron chi connectivity index (χ3n) is 2.46. The van der Waals surface area contributed by atoms with Crippen LogP contribution >= 0.6 is 27.5 Å². The van der Waals surface area contributed by atoms with E-state index in [4.69, 9.17) is 16.3 Å². The molecule has 0 saturated carbocycles. The van der Waals surface area contributed by atoms with Gasteiger partial charge in [-0.05, 0) is 34.1 Å². The van der Waals surface area contributed by atoms with Crippen molar-refractivity contribution in [3.8, 4) is 5.88 Å². The first-order chi connectivity index (χ1) is 9.01. The van der Waals surface area contributed by atoms with Gasteiger partial charge in [-0.1, -0.05) is 11.6 Å². The van der Waals surface area contributed by atoms with Crippen LogP contribution in [0.3, 0.4) is 0 Å². The van der Waals surface area contributed by atoms with Gasteiger partial charge in [0, 0.05) is 22.6 Å². The van der Waals surface area contributed by atoms with Crippen LogP contribution in [-0.2, 0) is 7.05 Å².